The Labute approximate surface area is 289 Å². The van der Waals surface area contributed by atoms with E-state index < -0.39 is 0 Å². The molecule has 3 aromatic heterocycles. The molecule has 0 spiro atoms. The molecule has 0 radical (unpaired) electrons. The molecular formula is C37H66N4OS3. The standard InChI is InChI=1S/C11H17NS.C10H16N2S.C10H15NOS.3C2H6/c1-11(2,3)10-12-8-6-4-5-7-9(8)13-10;1-10(2,3)9-12-7-4-5-11-6-8(7)13-9;1-10(2,3)9-11-7-4-5-12-6-8(7)13-9;3*1-2/h4-7H2,1-3H3;11H,4-6H2,1-3H3;4-6H2,1-3H3;3*1-2H3. The van der Waals surface area contributed by atoms with Crippen molar-refractivity contribution in [2.75, 3.05) is 13.2 Å². The number of aromatic nitrogens is 3. The summed E-state index contributed by atoms with van der Waals surface area (Å²) in [5.41, 5.74) is 4.61. The van der Waals surface area contributed by atoms with E-state index in [9.17, 15) is 0 Å². The van der Waals surface area contributed by atoms with Gasteiger partial charge in [0.1, 0.15) is 0 Å². The smallest absolute Gasteiger partial charge is 0.0985 e. The summed E-state index contributed by atoms with van der Waals surface area (Å²) in [5, 5.41) is 7.21. The minimum Gasteiger partial charge on any atom is -0.375 e. The number of rotatable bonds is 0. The second kappa shape index (κ2) is 19.6. The Bertz CT molecular complexity index is 1010. The Morgan fingerprint density at radius 3 is 1.40 bits per heavy atom. The van der Waals surface area contributed by atoms with Crippen molar-refractivity contribution in [1.29, 1.82) is 0 Å². The van der Waals surface area contributed by atoms with Crippen LogP contribution in [0.3, 0.4) is 0 Å². The normalized spacial score (nSPS) is 15.3. The van der Waals surface area contributed by atoms with Crippen LogP contribution in [0.15, 0.2) is 0 Å². The molecule has 0 bridgehead atoms. The zero-order valence-electron chi connectivity index (χ0n) is 31.5. The second-order valence-electron chi connectivity index (χ2n) is 13.9. The summed E-state index contributed by atoms with van der Waals surface area (Å²) in [6, 6.07) is 0. The number of hydrogen-bond donors (Lipinski definition) is 1. The highest BCUT2D eigenvalue weighted by Gasteiger charge is 2.24. The van der Waals surface area contributed by atoms with E-state index in [-0.39, 0.29) is 16.2 Å². The average molecular weight is 679 g/mol. The Hall–Kier alpha value is -1.19. The molecule has 3 aromatic rings. The molecule has 45 heavy (non-hydrogen) atoms. The summed E-state index contributed by atoms with van der Waals surface area (Å²) in [6.07, 6.45) is 7.26. The van der Waals surface area contributed by atoms with Crippen molar-refractivity contribution in [2.24, 2.45) is 0 Å². The molecule has 0 atom stereocenters. The highest BCUT2D eigenvalue weighted by atomic mass is 32.1. The van der Waals surface area contributed by atoms with Gasteiger partial charge in [-0.1, -0.05) is 104 Å². The fourth-order valence-corrected chi connectivity index (χ4v) is 7.91. The van der Waals surface area contributed by atoms with Gasteiger partial charge in [0.05, 0.1) is 50.2 Å². The third-order valence-corrected chi connectivity index (χ3v) is 11.5. The topological polar surface area (TPSA) is 59.9 Å². The van der Waals surface area contributed by atoms with E-state index in [0.717, 1.165) is 39.1 Å². The molecule has 0 fully saturated rings. The average Bonchev–Trinajstić information content (AvgIpc) is 3.77. The van der Waals surface area contributed by atoms with Crippen LogP contribution in [0.4, 0.5) is 0 Å². The molecular weight excluding hydrogens is 613 g/mol. The van der Waals surface area contributed by atoms with E-state index in [2.05, 4.69) is 72.6 Å². The first-order chi connectivity index (χ1) is 21.2. The van der Waals surface area contributed by atoms with Crippen molar-refractivity contribution in [3.63, 3.8) is 0 Å². The summed E-state index contributed by atoms with van der Waals surface area (Å²) in [4.78, 5) is 18.4. The van der Waals surface area contributed by atoms with Gasteiger partial charge in [0.2, 0.25) is 0 Å². The maximum atomic E-state index is 5.39. The molecule has 5 heterocycles. The van der Waals surface area contributed by atoms with Crippen LogP contribution in [0.1, 0.15) is 163 Å². The van der Waals surface area contributed by atoms with Gasteiger partial charge in [-0.3, -0.25) is 0 Å². The molecule has 1 N–H and O–H groups in total. The Morgan fingerprint density at radius 1 is 0.533 bits per heavy atom. The molecule has 258 valence electrons. The lowest BCUT2D eigenvalue weighted by atomic mass is 9.98. The molecule has 0 amide bonds. The lowest BCUT2D eigenvalue weighted by molar-refractivity contribution is 0.112. The van der Waals surface area contributed by atoms with Crippen molar-refractivity contribution < 1.29 is 4.74 Å². The predicted molar refractivity (Wildman–Crippen MR) is 202 cm³/mol. The molecule has 2 aliphatic heterocycles. The lowest BCUT2D eigenvalue weighted by Gasteiger charge is -2.13. The molecule has 8 heteroatoms. The number of ether oxygens (including phenoxy) is 1. The molecule has 0 unspecified atom stereocenters. The van der Waals surface area contributed by atoms with E-state index in [1.807, 2.05) is 64.2 Å². The van der Waals surface area contributed by atoms with Gasteiger partial charge in [-0.2, -0.15) is 0 Å². The number of hydrogen-bond acceptors (Lipinski definition) is 8. The number of aryl methyl sites for hydroxylation is 2. The van der Waals surface area contributed by atoms with Crippen LogP contribution in [-0.4, -0.2) is 28.1 Å². The fourth-order valence-electron chi connectivity index (χ4n) is 4.47. The Balaban J connectivity index is 0.000000311. The minimum absolute atomic E-state index is 0.183. The maximum Gasteiger partial charge on any atom is 0.0985 e. The Kier molecular flexibility index (Phi) is 18.2. The fraction of sp³-hybridized carbons (Fsp3) is 0.757. The van der Waals surface area contributed by atoms with Gasteiger partial charge in [0, 0.05) is 51.9 Å². The van der Waals surface area contributed by atoms with Gasteiger partial charge in [0.15, 0.2) is 0 Å². The van der Waals surface area contributed by atoms with E-state index >= 15 is 0 Å². The Morgan fingerprint density at radius 2 is 0.956 bits per heavy atom. The molecule has 0 saturated heterocycles. The first-order valence-corrected chi connectivity index (χ1v) is 19.9. The van der Waals surface area contributed by atoms with Crippen molar-refractivity contribution >= 4 is 34.0 Å². The van der Waals surface area contributed by atoms with Crippen LogP contribution >= 0.6 is 34.0 Å². The van der Waals surface area contributed by atoms with Gasteiger partial charge in [-0.25, -0.2) is 15.0 Å². The van der Waals surface area contributed by atoms with Gasteiger partial charge < -0.3 is 10.1 Å². The molecule has 0 saturated carbocycles. The monoisotopic (exact) mass is 678 g/mol. The second-order valence-corrected chi connectivity index (χ2v) is 17.1. The van der Waals surface area contributed by atoms with Crippen molar-refractivity contribution in [3.05, 3.63) is 46.7 Å². The van der Waals surface area contributed by atoms with E-state index in [1.54, 1.807) is 16.2 Å². The third-order valence-electron chi connectivity index (χ3n) is 6.87. The molecule has 5 nitrogen and oxygen atoms in total. The van der Waals surface area contributed by atoms with Gasteiger partial charge in [-0.05, 0) is 25.7 Å². The van der Waals surface area contributed by atoms with Gasteiger partial charge >= 0.3 is 0 Å². The lowest BCUT2D eigenvalue weighted by Crippen LogP contribution is -2.22. The maximum absolute atomic E-state index is 5.39. The van der Waals surface area contributed by atoms with E-state index in [0.29, 0.717) is 0 Å². The summed E-state index contributed by atoms with van der Waals surface area (Å²) in [5.74, 6) is 0. The molecule has 3 aliphatic rings. The zero-order valence-corrected chi connectivity index (χ0v) is 34.0. The van der Waals surface area contributed by atoms with Crippen LogP contribution in [0.25, 0.3) is 0 Å². The summed E-state index contributed by atoms with van der Waals surface area (Å²) in [6.45, 7) is 35.7. The molecule has 0 aromatic carbocycles. The summed E-state index contributed by atoms with van der Waals surface area (Å²) in [7, 11) is 0. The largest absolute Gasteiger partial charge is 0.375 e. The van der Waals surface area contributed by atoms with Crippen LogP contribution in [-0.2, 0) is 59.8 Å². The number of nitrogens with one attached hydrogen (secondary N) is 1. The molecule has 1 aliphatic carbocycles. The van der Waals surface area contributed by atoms with E-state index in [1.165, 1.54) is 67.5 Å². The summed E-state index contributed by atoms with van der Waals surface area (Å²) >= 11 is 5.61. The number of thiazole rings is 3. The van der Waals surface area contributed by atoms with Crippen molar-refractivity contribution in [1.82, 2.24) is 20.3 Å². The van der Waals surface area contributed by atoms with Crippen LogP contribution < -0.4 is 5.32 Å². The minimum atomic E-state index is 0.183. The number of fused-ring (bicyclic) bond motifs is 3. The number of nitrogens with zero attached hydrogens (tertiary/aromatic N) is 3. The highest BCUT2D eigenvalue weighted by Crippen LogP contribution is 2.34. The third kappa shape index (κ3) is 13.1. The first-order valence-electron chi connectivity index (χ1n) is 17.5. The highest BCUT2D eigenvalue weighted by molar-refractivity contribution is 7.12. The molecule has 6 rings (SSSR count). The van der Waals surface area contributed by atoms with Crippen molar-refractivity contribution in [2.45, 2.75) is 172 Å². The predicted octanol–water partition coefficient (Wildman–Crippen LogP) is 11.0. The van der Waals surface area contributed by atoms with E-state index in [4.69, 9.17) is 14.7 Å². The quantitative estimate of drug-likeness (QED) is 0.256. The van der Waals surface area contributed by atoms with Crippen LogP contribution in [0.2, 0.25) is 0 Å². The van der Waals surface area contributed by atoms with Gasteiger partial charge in [-0.15, -0.1) is 34.0 Å². The van der Waals surface area contributed by atoms with Crippen LogP contribution in [0.5, 0.6) is 0 Å². The SMILES string of the molecule is CC.CC.CC.CC(C)(C)c1nc2c(s1)CCCC2.CC(C)(C)c1nc2c(s1)CNCC2.CC(C)(C)c1nc2c(s1)COCC2. The van der Waals surface area contributed by atoms with Crippen LogP contribution in [0, 0.1) is 0 Å². The van der Waals surface area contributed by atoms with Gasteiger partial charge in [0.25, 0.3) is 0 Å². The van der Waals surface area contributed by atoms with Crippen molar-refractivity contribution in [3.8, 4) is 0 Å². The zero-order chi connectivity index (χ0) is 34.4. The summed E-state index contributed by atoms with van der Waals surface area (Å²) < 4.78 is 5.39. The first kappa shape index (κ1) is 41.8.